The van der Waals surface area contributed by atoms with Crippen molar-refractivity contribution in [2.45, 2.75) is 51.9 Å². The molecular formula is C27H29N5OS. The van der Waals surface area contributed by atoms with Gasteiger partial charge in [0.15, 0.2) is 5.82 Å². The zero-order valence-electron chi connectivity index (χ0n) is 19.5. The van der Waals surface area contributed by atoms with Crippen LogP contribution in [0.3, 0.4) is 0 Å². The van der Waals surface area contributed by atoms with E-state index in [1.165, 1.54) is 28.3 Å². The van der Waals surface area contributed by atoms with E-state index in [1.807, 2.05) is 30.7 Å². The Bertz CT molecular complexity index is 1260. The molecule has 1 atom stereocenters. The Labute approximate surface area is 204 Å². The number of fused-ring (bicyclic) bond motifs is 1. The first-order valence-corrected chi connectivity index (χ1v) is 12.9. The maximum absolute atomic E-state index is 6.00. The normalized spacial score (nSPS) is 18.7. The standard InChI is InChI=1S/C27H29N5OS/c1-19-15-29-22(16-28-19)27-30-26(20-7-3-2-4-8-20)23-18-31(12-13-32(23)27)17-21-10-11-25(34-21)24-9-5-6-14-33-24/h2-4,7-8,10-11,15-16,24H,5-6,9,12-14,17-18H2,1H3. The molecule has 5 heterocycles. The van der Waals surface area contributed by atoms with Crippen molar-refractivity contribution in [2.75, 3.05) is 13.2 Å². The Balaban J connectivity index is 1.28. The number of hydrogen-bond donors (Lipinski definition) is 0. The fourth-order valence-corrected chi connectivity index (χ4v) is 6.06. The highest BCUT2D eigenvalue weighted by Crippen LogP contribution is 2.35. The number of aryl methyl sites for hydroxylation is 1. The minimum absolute atomic E-state index is 0.290. The molecule has 3 aromatic heterocycles. The molecule has 7 heteroatoms. The van der Waals surface area contributed by atoms with Gasteiger partial charge in [-0.25, -0.2) is 9.97 Å². The number of thiophene rings is 1. The van der Waals surface area contributed by atoms with E-state index in [1.54, 1.807) is 0 Å². The maximum Gasteiger partial charge on any atom is 0.161 e. The number of ether oxygens (including phenoxy) is 1. The molecule has 1 fully saturated rings. The van der Waals surface area contributed by atoms with E-state index in [4.69, 9.17) is 9.72 Å². The summed E-state index contributed by atoms with van der Waals surface area (Å²) in [4.78, 5) is 19.5. The van der Waals surface area contributed by atoms with Crippen molar-refractivity contribution in [3.8, 4) is 22.8 Å². The number of hydrogen-bond acceptors (Lipinski definition) is 6. The Hall–Kier alpha value is -2.87. The average molecular weight is 472 g/mol. The van der Waals surface area contributed by atoms with Gasteiger partial charge in [-0.05, 0) is 38.3 Å². The predicted octanol–water partition coefficient (Wildman–Crippen LogP) is 5.63. The zero-order valence-corrected chi connectivity index (χ0v) is 20.3. The van der Waals surface area contributed by atoms with Gasteiger partial charge in [-0.1, -0.05) is 30.3 Å². The van der Waals surface area contributed by atoms with Crippen LogP contribution in [0.2, 0.25) is 0 Å². The quantitative estimate of drug-likeness (QED) is 0.377. The third-order valence-electron chi connectivity index (χ3n) is 6.70. The minimum atomic E-state index is 0.290. The molecule has 34 heavy (non-hydrogen) atoms. The number of imidazole rings is 1. The van der Waals surface area contributed by atoms with Crippen LogP contribution in [0.4, 0.5) is 0 Å². The van der Waals surface area contributed by atoms with Crippen LogP contribution in [-0.2, 0) is 24.4 Å². The third kappa shape index (κ3) is 4.31. The lowest BCUT2D eigenvalue weighted by Gasteiger charge is -2.29. The molecule has 0 saturated carbocycles. The van der Waals surface area contributed by atoms with E-state index in [9.17, 15) is 0 Å². The molecule has 1 unspecified atom stereocenters. The van der Waals surface area contributed by atoms with Crippen LogP contribution in [0.25, 0.3) is 22.8 Å². The van der Waals surface area contributed by atoms with Gasteiger partial charge in [0.2, 0.25) is 0 Å². The Kier molecular flexibility index (Phi) is 5.99. The Morgan fingerprint density at radius 2 is 1.94 bits per heavy atom. The second-order valence-electron chi connectivity index (χ2n) is 9.16. The van der Waals surface area contributed by atoms with E-state index in [2.05, 4.69) is 61.9 Å². The third-order valence-corrected chi connectivity index (χ3v) is 7.86. The van der Waals surface area contributed by atoms with E-state index in [0.29, 0.717) is 0 Å². The molecule has 0 N–H and O–H groups in total. The maximum atomic E-state index is 6.00. The summed E-state index contributed by atoms with van der Waals surface area (Å²) in [6.45, 7) is 6.55. The highest BCUT2D eigenvalue weighted by atomic mass is 32.1. The van der Waals surface area contributed by atoms with Gasteiger partial charge in [0.25, 0.3) is 0 Å². The zero-order chi connectivity index (χ0) is 22.9. The summed E-state index contributed by atoms with van der Waals surface area (Å²) in [6.07, 6.45) is 7.55. The molecule has 2 aliphatic rings. The monoisotopic (exact) mass is 471 g/mol. The average Bonchev–Trinajstić information content (AvgIpc) is 3.51. The fourth-order valence-electron chi connectivity index (χ4n) is 4.92. The van der Waals surface area contributed by atoms with Gasteiger partial charge < -0.3 is 9.30 Å². The number of benzene rings is 1. The van der Waals surface area contributed by atoms with Gasteiger partial charge >= 0.3 is 0 Å². The lowest BCUT2D eigenvalue weighted by molar-refractivity contribution is 0.0172. The molecule has 0 amide bonds. The molecule has 1 saturated heterocycles. The summed E-state index contributed by atoms with van der Waals surface area (Å²) in [7, 11) is 0. The van der Waals surface area contributed by atoms with Crippen LogP contribution in [0.5, 0.6) is 0 Å². The highest BCUT2D eigenvalue weighted by Gasteiger charge is 2.27. The summed E-state index contributed by atoms with van der Waals surface area (Å²) in [5.41, 5.74) is 5.19. The van der Waals surface area contributed by atoms with Crippen molar-refractivity contribution < 1.29 is 4.74 Å². The van der Waals surface area contributed by atoms with Crippen molar-refractivity contribution in [2.24, 2.45) is 0 Å². The lowest BCUT2D eigenvalue weighted by Crippen LogP contribution is -2.33. The number of nitrogens with zero attached hydrogens (tertiary/aromatic N) is 5. The first-order valence-electron chi connectivity index (χ1n) is 12.1. The van der Waals surface area contributed by atoms with E-state index in [0.717, 1.165) is 67.7 Å². The molecule has 6 nitrogen and oxygen atoms in total. The predicted molar refractivity (Wildman–Crippen MR) is 134 cm³/mol. The molecule has 0 spiro atoms. The van der Waals surface area contributed by atoms with Gasteiger partial charge in [0, 0.05) is 54.3 Å². The molecule has 0 aliphatic carbocycles. The van der Waals surface area contributed by atoms with Gasteiger partial charge in [0.05, 0.1) is 29.4 Å². The van der Waals surface area contributed by atoms with Crippen molar-refractivity contribution in [1.29, 1.82) is 0 Å². The van der Waals surface area contributed by atoms with E-state index < -0.39 is 0 Å². The Morgan fingerprint density at radius 1 is 1.03 bits per heavy atom. The number of rotatable bonds is 5. The Morgan fingerprint density at radius 3 is 2.74 bits per heavy atom. The smallest absolute Gasteiger partial charge is 0.161 e. The minimum Gasteiger partial charge on any atom is -0.373 e. The van der Waals surface area contributed by atoms with E-state index in [-0.39, 0.29) is 6.10 Å². The second kappa shape index (κ2) is 9.41. The molecule has 6 rings (SSSR count). The summed E-state index contributed by atoms with van der Waals surface area (Å²) in [6, 6.07) is 15.0. The summed E-state index contributed by atoms with van der Waals surface area (Å²) in [5, 5.41) is 0. The lowest BCUT2D eigenvalue weighted by atomic mass is 10.1. The van der Waals surface area contributed by atoms with Crippen LogP contribution in [-0.4, -0.2) is 37.6 Å². The van der Waals surface area contributed by atoms with Crippen LogP contribution in [0.15, 0.2) is 54.9 Å². The summed E-state index contributed by atoms with van der Waals surface area (Å²) in [5.74, 6) is 0.911. The molecule has 1 aromatic carbocycles. The molecule has 4 aromatic rings. The van der Waals surface area contributed by atoms with Crippen LogP contribution < -0.4 is 0 Å². The largest absolute Gasteiger partial charge is 0.373 e. The molecular weight excluding hydrogens is 442 g/mol. The second-order valence-corrected chi connectivity index (χ2v) is 10.4. The van der Waals surface area contributed by atoms with Crippen molar-refractivity contribution >= 4 is 11.3 Å². The molecule has 2 aliphatic heterocycles. The first kappa shape index (κ1) is 21.6. The van der Waals surface area contributed by atoms with Gasteiger partial charge in [0.1, 0.15) is 5.69 Å². The van der Waals surface area contributed by atoms with Crippen LogP contribution in [0.1, 0.15) is 46.5 Å². The van der Waals surface area contributed by atoms with Crippen molar-refractivity contribution in [1.82, 2.24) is 24.4 Å². The fraction of sp³-hybridized carbons (Fsp3) is 0.370. The SMILES string of the molecule is Cc1cnc(-c2nc(-c3ccccc3)c3n2CCN(Cc2ccc(C4CCCCO4)s2)C3)cn1. The molecule has 174 valence electrons. The van der Waals surface area contributed by atoms with Crippen LogP contribution in [0, 0.1) is 6.92 Å². The van der Waals surface area contributed by atoms with E-state index >= 15 is 0 Å². The number of aromatic nitrogens is 4. The first-order chi connectivity index (χ1) is 16.7. The van der Waals surface area contributed by atoms with Gasteiger partial charge in [-0.2, -0.15) is 0 Å². The van der Waals surface area contributed by atoms with Crippen molar-refractivity contribution in [3.63, 3.8) is 0 Å². The topological polar surface area (TPSA) is 56.1 Å². The van der Waals surface area contributed by atoms with Gasteiger partial charge in [-0.15, -0.1) is 11.3 Å². The molecule has 0 bridgehead atoms. The summed E-state index contributed by atoms with van der Waals surface area (Å²) >= 11 is 1.91. The van der Waals surface area contributed by atoms with Gasteiger partial charge in [-0.3, -0.25) is 9.88 Å². The molecule has 0 radical (unpaired) electrons. The van der Waals surface area contributed by atoms with Crippen molar-refractivity contribution in [3.05, 3.63) is 76.0 Å². The summed E-state index contributed by atoms with van der Waals surface area (Å²) < 4.78 is 8.35. The highest BCUT2D eigenvalue weighted by molar-refractivity contribution is 7.12. The van der Waals surface area contributed by atoms with Crippen LogP contribution >= 0.6 is 11.3 Å².